The summed E-state index contributed by atoms with van der Waals surface area (Å²) < 4.78 is 22.3. The summed E-state index contributed by atoms with van der Waals surface area (Å²) in [4.78, 5) is 0.333. The Balaban J connectivity index is 5.24. The summed E-state index contributed by atoms with van der Waals surface area (Å²) in [6, 6.07) is 0. The van der Waals surface area contributed by atoms with Crippen LogP contribution in [0.4, 0.5) is 0 Å². The number of hydrogen-bond donors (Lipinski definition) is 0. The van der Waals surface area contributed by atoms with Crippen molar-refractivity contribution in [3.63, 3.8) is 0 Å². The summed E-state index contributed by atoms with van der Waals surface area (Å²) in [5.41, 5.74) is 0.748. The first-order valence-corrected chi connectivity index (χ1v) is 5.48. The molecule has 0 saturated heterocycles. The third-order valence-electron chi connectivity index (χ3n) is 1.49. The number of rotatable bonds is 3. The zero-order valence-electron chi connectivity index (χ0n) is 7.66. The fourth-order valence-corrected chi connectivity index (χ4v) is 1.84. The highest BCUT2D eigenvalue weighted by molar-refractivity contribution is 7.94. The van der Waals surface area contributed by atoms with Crippen LogP contribution in [0.2, 0.25) is 0 Å². The minimum atomic E-state index is -3.12. The summed E-state index contributed by atoms with van der Waals surface area (Å²) in [6.45, 7) is 7.03. The van der Waals surface area contributed by atoms with Crippen molar-refractivity contribution in [1.29, 1.82) is 0 Å². The van der Waals surface area contributed by atoms with Gasteiger partial charge in [0, 0.05) is 6.26 Å². The molecule has 68 valence electrons. The van der Waals surface area contributed by atoms with E-state index in [1.54, 1.807) is 19.9 Å². The molecule has 0 amide bonds. The quantitative estimate of drug-likeness (QED) is 0.632. The van der Waals surface area contributed by atoms with Crippen LogP contribution >= 0.6 is 0 Å². The molecule has 0 N–H and O–H groups in total. The van der Waals surface area contributed by atoms with E-state index in [2.05, 4.69) is 6.58 Å². The van der Waals surface area contributed by atoms with Crippen LogP contribution in [0.5, 0.6) is 0 Å². The predicted molar refractivity (Wildman–Crippen MR) is 52.6 cm³/mol. The van der Waals surface area contributed by atoms with E-state index >= 15 is 0 Å². The molecule has 0 rings (SSSR count). The third kappa shape index (κ3) is 3.05. The zero-order valence-corrected chi connectivity index (χ0v) is 8.48. The lowest BCUT2D eigenvalue weighted by molar-refractivity contribution is 0.608. The van der Waals surface area contributed by atoms with Gasteiger partial charge in [0.1, 0.15) is 0 Å². The predicted octanol–water partition coefficient (Wildman–Crippen LogP) is 2.07. The van der Waals surface area contributed by atoms with Crippen LogP contribution in [0.25, 0.3) is 0 Å². The van der Waals surface area contributed by atoms with Crippen LogP contribution < -0.4 is 0 Å². The molecule has 0 unspecified atom stereocenters. The summed E-state index contributed by atoms with van der Waals surface area (Å²) in [5, 5.41) is 0. The first-order valence-electron chi connectivity index (χ1n) is 3.59. The Labute approximate surface area is 74.2 Å². The second-order valence-electron chi connectivity index (χ2n) is 2.51. The van der Waals surface area contributed by atoms with Crippen LogP contribution in [0, 0.1) is 0 Å². The molecule has 2 nitrogen and oxygen atoms in total. The van der Waals surface area contributed by atoms with Gasteiger partial charge in [-0.2, -0.15) is 0 Å². The summed E-state index contributed by atoms with van der Waals surface area (Å²) in [7, 11) is -3.12. The van der Waals surface area contributed by atoms with Crippen molar-refractivity contribution >= 4 is 9.84 Å². The van der Waals surface area contributed by atoms with Crippen molar-refractivity contribution in [3.8, 4) is 0 Å². The SMILES string of the molecule is C=C/C=C(\C(C)=C/C)S(C)(=O)=O. The van der Waals surface area contributed by atoms with Gasteiger partial charge < -0.3 is 0 Å². The average Bonchev–Trinajstić information content (AvgIpc) is 1.96. The highest BCUT2D eigenvalue weighted by Crippen LogP contribution is 2.15. The van der Waals surface area contributed by atoms with Gasteiger partial charge in [-0.1, -0.05) is 18.7 Å². The Kier molecular flexibility index (Phi) is 3.96. The molecule has 0 aromatic rings. The number of sulfone groups is 1. The van der Waals surface area contributed by atoms with Crippen molar-refractivity contribution in [2.75, 3.05) is 6.26 Å². The van der Waals surface area contributed by atoms with E-state index in [0.29, 0.717) is 4.91 Å². The van der Waals surface area contributed by atoms with Crippen LogP contribution in [0.3, 0.4) is 0 Å². The van der Waals surface area contributed by atoms with Crippen LogP contribution in [0.15, 0.2) is 35.3 Å². The van der Waals surface area contributed by atoms with E-state index in [1.165, 1.54) is 18.4 Å². The molecule has 0 aliphatic rings. The molecule has 0 bridgehead atoms. The third-order valence-corrected chi connectivity index (χ3v) is 2.75. The van der Waals surface area contributed by atoms with Crippen LogP contribution in [-0.2, 0) is 9.84 Å². The summed E-state index contributed by atoms with van der Waals surface area (Å²) >= 11 is 0. The van der Waals surface area contributed by atoms with Crippen molar-refractivity contribution in [2.45, 2.75) is 13.8 Å². The van der Waals surface area contributed by atoms with Gasteiger partial charge >= 0.3 is 0 Å². The lowest BCUT2D eigenvalue weighted by atomic mass is 10.2. The van der Waals surface area contributed by atoms with Gasteiger partial charge in [0.25, 0.3) is 0 Å². The fourth-order valence-electron chi connectivity index (χ4n) is 0.797. The molecule has 0 spiro atoms. The largest absolute Gasteiger partial charge is 0.224 e. The maximum atomic E-state index is 11.2. The molecule has 0 fully saturated rings. The summed E-state index contributed by atoms with van der Waals surface area (Å²) in [6.07, 6.45) is 5.93. The Morgan fingerprint density at radius 3 is 2.17 bits per heavy atom. The Morgan fingerprint density at radius 1 is 1.42 bits per heavy atom. The molecule has 0 radical (unpaired) electrons. The second-order valence-corrected chi connectivity index (χ2v) is 4.49. The number of hydrogen-bond acceptors (Lipinski definition) is 2. The van der Waals surface area contributed by atoms with Gasteiger partial charge in [-0.15, -0.1) is 0 Å². The topological polar surface area (TPSA) is 34.1 Å². The lowest BCUT2D eigenvalue weighted by Crippen LogP contribution is -2.01. The molecule has 0 heterocycles. The van der Waals surface area contributed by atoms with Crippen LogP contribution in [-0.4, -0.2) is 14.7 Å². The maximum absolute atomic E-state index is 11.2. The molecular formula is C9H14O2S. The smallest absolute Gasteiger partial charge is 0.175 e. The molecule has 12 heavy (non-hydrogen) atoms. The molecule has 0 saturated carbocycles. The van der Waals surface area contributed by atoms with Crippen LogP contribution in [0.1, 0.15) is 13.8 Å². The molecule has 0 aromatic heterocycles. The molecular weight excluding hydrogens is 172 g/mol. The van der Waals surface area contributed by atoms with Crippen molar-refractivity contribution < 1.29 is 8.42 Å². The molecule has 0 atom stereocenters. The Hall–Kier alpha value is -0.830. The van der Waals surface area contributed by atoms with Gasteiger partial charge in [0.2, 0.25) is 0 Å². The number of allylic oxidation sites excluding steroid dienone is 4. The Bertz CT molecular complexity index is 318. The van der Waals surface area contributed by atoms with E-state index in [4.69, 9.17) is 0 Å². The van der Waals surface area contributed by atoms with Crippen molar-refractivity contribution in [1.82, 2.24) is 0 Å². The minimum Gasteiger partial charge on any atom is -0.224 e. The van der Waals surface area contributed by atoms with E-state index in [1.807, 2.05) is 0 Å². The monoisotopic (exact) mass is 186 g/mol. The molecule has 0 aliphatic carbocycles. The lowest BCUT2D eigenvalue weighted by Gasteiger charge is -2.03. The van der Waals surface area contributed by atoms with Gasteiger partial charge in [-0.05, 0) is 25.5 Å². The maximum Gasteiger partial charge on any atom is 0.175 e. The zero-order chi connectivity index (χ0) is 9.78. The van der Waals surface area contributed by atoms with E-state index in [-0.39, 0.29) is 0 Å². The van der Waals surface area contributed by atoms with E-state index < -0.39 is 9.84 Å². The second kappa shape index (κ2) is 4.26. The van der Waals surface area contributed by atoms with Crippen molar-refractivity contribution in [3.05, 3.63) is 35.3 Å². The first kappa shape index (κ1) is 11.2. The summed E-state index contributed by atoms with van der Waals surface area (Å²) in [5.74, 6) is 0. The Morgan fingerprint density at radius 2 is 1.92 bits per heavy atom. The van der Waals surface area contributed by atoms with E-state index in [0.717, 1.165) is 5.57 Å². The normalized spacial score (nSPS) is 14.6. The highest BCUT2D eigenvalue weighted by Gasteiger charge is 2.10. The fraction of sp³-hybridized carbons (Fsp3) is 0.333. The molecule has 0 aromatic carbocycles. The highest BCUT2D eigenvalue weighted by atomic mass is 32.2. The van der Waals surface area contributed by atoms with Gasteiger partial charge in [0.15, 0.2) is 9.84 Å². The van der Waals surface area contributed by atoms with Crippen molar-refractivity contribution in [2.24, 2.45) is 0 Å². The van der Waals surface area contributed by atoms with E-state index in [9.17, 15) is 8.42 Å². The van der Waals surface area contributed by atoms with Gasteiger partial charge in [0.05, 0.1) is 4.91 Å². The minimum absolute atomic E-state index is 0.333. The average molecular weight is 186 g/mol. The van der Waals surface area contributed by atoms with Gasteiger partial charge in [-0.25, -0.2) is 8.42 Å². The molecule has 3 heteroatoms. The standard InChI is InChI=1S/C9H14O2S/c1-5-7-9(8(3)6-2)12(4,10)11/h5-7H,1H2,2-4H3/b8-6-,9-7+. The first-order chi connectivity index (χ1) is 5.43. The van der Waals surface area contributed by atoms with Gasteiger partial charge in [-0.3, -0.25) is 0 Å². The molecule has 0 aliphatic heterocycles.